The molecule has 0 aliphatic carbocycles. The van der Waals surface area contributed by atoms with Crippen LogP contribution in [0.5, 0.6) is 11.5 Å². The van der Waals surface area contributed by atoms with E-state index in [1.807, 2.05) is 42.5 Å². The van der Waals surface area contributed by atoms with Crippen LogP contribution in [-0.4, -0.2) is 20.1 Å². The van der Waals surface area contributed by atoms with Crippen LogP contribution in [-0.2, 0) is 6.61 Å². The van der Waals surface area contributed by atoms with Gasteiger partial charge in [-0.25, -0.2) is 13.8 Å². The SMILES string of the molecule is OCc1ccc(-c2nc3cc(Sc4ccncc4)c(Oc4ccc(F)cc4F)cc3[nH]2)cc1. The van der Waals surface area contributed by atoms with Crippen molar-refractivity contribution in [2.45, 2.75) is 16.4 Å². The summed E-state index contributed by atoms with van der Waals surface area (Å²) in [4.78, 5) is 13.6. The van der Waals surface area contributed by atoms with Gasteiger partial charge in [-0.3, -0.25) is 4.98 Å². The second-order valence-electron chi connectivity index (χ2n) is 7.22. The van der Waals surface area contributed by atoms with E-state index in [0.29, 0.717) is 27.5 Å². The average molecular weight is 461 g/mol. The standard InChI is InChI=1S/C25H17F2N3O2S/c26-17-5-6-22(19(27)11-17)32-23-12-20-21(13-24(23)33-18-7-9-28-10-8-18)30-25(29-20)16-3-1-15(14-31)2-4-16/h1-13,31H,14H2,(H,29,30). The van der Waals surface area contributed by atoms with Crippen molar-refractivity contribution in [2.75, 3.05) is 0 Å². The highest BCUT2D eigenvalue weighted by Gasteiger charge is 2.15. The summed E-state index contributed by atoms with van der Waals surface area (Å²) in [6.45, 7) is -0.0311. The number of nitrogens with zero attached hydrogens (tertiary/aromatic N) is 2. The van der Waals surface area contributed by atoms with Crippen LogP contribution in [0.2, 0.25) is 0 Å². The molecule has 164 valence electrons. The summed E-state index contributed by atoms with van der Waals surface area (Å²) in [7, 11) is 0. The van der Waals surface area contributed by atoms with Gasteiger partial charge in [0.1, 0.15) is 17.4 Å². The van der Waals surface area contributed by atoms with E-state index in [-0.39, 0.29) is 12.4 Å². The Bertz CT molecular complexity index is 1420. The molecule has 0 fully saturated rings. The Morgan fingerprint density at radius 3 is 2.42 bits per heavy atom. The van der Waals surface area contributed by atoms with Gasteiger partial charge in [0.05, 0.1) is 22.5 Å². The summed E-state index contributed by atoms with van der Waals surface area (Å²) in [6.07, 6.45) is 3.37. The molecule has 0 spiro atoms. The van der Waals surface area contributed by atoms with Gasteiger partial charge in [0.15, 0.2) is 11.6 Å². The molecule has 0 radical (unpaired) electrons. The molecule has 0 aliphatic rings. The maximum atomic E-state index is 14.3. The van der Waals surface area contributed by atoms with E-state index >= 15 is 0 Å². The molecule has 2 aromatic heterocycles. The number of aromatic amines is 1. The summed E-state index contributed by atoms with van der Waals surface area (Å²) in [5.41, 5.74) is 3.08. The quantitative estimate of drug-likeness (QED) is 0.309. The summed E-state index contributed by atoms with van der Waals surface area (Å²) in [6, 6.07) is 17.9. The summed E-state index contributed by atoms with van der Waals surface area (Å²) in [5, 5.41) is 9.26. The third kappa shape index (κ3) is 4.57. The zero-order chi connectivity index (χ0) is 22.8. The van der Waals surface area contributed by atoms with Crippen LogP contribution in [0.4, 0.5) is 8.78 Å². The minimum atomic E-state index is -0.788. The molecule has 0 amide bonds. The smallest absolute Gasteiger partial charge is 0.168 e. The number of benzene rings is 3. The largest absolute Gasteiger partial charge is 0.453 e. The predicted octanol–water partition coefficient (Wildman–Crippen LogP) is 6.34. The number of ether oxygens (including phenoxy) is 1. The number of hydrogen-bond acceptors (Lipinski definition) is 5. The topological polar surface area (TPSA) is 71.0 Å². The molecule has 0 aliphatic heterocycles. The number of fused-ring (bicyclic) bond motifs is 1. The van der Waals surface area contributed by atoms with Crippen LogP contribution in [0.25, 0.3) is 22.4 Å². The molecule has 0 unspecified atom stereocenters. The molecule has 2 N–H and O–H groups in total. The lowest BCUT2D eigenvalue weighted by Crippen LogP contribution is -1.92. The lowest BCUT2D eigenvalue weighted by atomic mass is 10.1. The number of aromatic nitrogens is 3. The molecule has 33 heavy (non-hydrogen) atoms. The number of aliphatic hydroxyl groups is 1. The Balaban J connectivity index is 1.58. The Morgan fingerprint density at radius 1 is 0.909 bits per heavy atom. The molecule has 8 heteroatoms. The number of nitrogens with one attached hydrogen (secondary N) is 1. The fraction of sp³-hybridized carbons (Fsp3) is 0.0400. The van der Waals surface area contributed by atoms with Gasteiger partial charge < -0.3 is 14.8 Å². The Labute approximate surface area is 192 Å². The first-order valence-corrected chi connectivity index (χ1v) is 10.9. The predicted molar refractivity (Wildman–Crippen MR) is 122 cm³/mol. The van der Waals surface area contributed by atoms with Crippen molar-refractivity contribution in [2.24, 2.45) is 0 Å². The first kappa shape index (κ1) is 21.1. The highest BCUT2D eigenvalue weighted by Crippen LogP contribution is 2.40. The monoisotopic (exact) mass is 461 g/mol. The van der Waals surface area contributed by atoms with Crippen LogP contribution in [0.15, 0.2) is 88.9 Å². The zero-order valence-corrected chi connectivity index (χ0v) is 17.9. The first-order valence-electron chi connectivity index (χ1n) is 10.0. The zero-order valence-electron chi connectivity index (χ0n) is 17.1. The second kappa shape index (κ2) is 9.01. The molecule has 2 heterocycles. The minimum absolute atomic E-state index is 0.0311. The molecule has 0 saturated carbocycles. The van der Waals surface area contributed by atoms with Gasteiger partial charge in [-0.2, -0.15) is 0 Å². The van der Waals surface area contributed by atoms with Crippen LogP contribution < -0.4 is 4.74 Å². The highest BCUT2D eigenvalue weighted by molar-refractivity contribution is 7.99. The van der Waals surface area contributed by atoms with Crippen LogP contribution >= 0.6 is 11.8 Å². The van der Waals surface area contributed by atoms with E-state index in [2.05, 4.69) is 9.97 Å². The molecule has 0 bridgehead atoms. The van der Waals surface area contributed by atoms with Crippen molar-refractivity contribution >= 4 is 22.8 Å². The minimum Gasteiger partial charge on any atom is -0.453 e. The van der Waals surface area contributed by atoms with Crippen molar-refractivity contribution in [1.82, 2.24) is 15.0 Å². The number of aliphatic hydroxyl groups excluding tert-OH is 1. The molecule has 5 rings (SSSR count). The van der Waals surface area contributed by atoms with E-state index in [9.17, 15) is 13.9 Å². The number of rotatable bonds is 6. The lowest BCUT2D eigenvalue weighted by Gasteiger charge is -2.12. The summed E-state index contributed by atoms with van der Waals surface area (Å²) < 4.78 is 33.5. The summed E-state index contributed by atoms with van der Waals surface area (Å²) >= 11 is 1.42. The Kier molecular flexibility index (Phi) is 5.77. The van der Waals surface area contributed by atoms with Gasteiger partial charge in [0, 0.05) is 35.0 Å². The number of imidazole rings is 1. The van der Waals surface area contributed by atoms with Gasteiger partial charge in [0.2, 0.25) is 0 Å². The van der Waals surface area contributed by atoms with E-state index in [1.54, 1.807) is 18.5 Å². The molecule has 3 aromatic carbocycles. The van der Waals surface area contributed by atoms with Gasteiger partial charge in [0.25, 0.3) is 0 Å². The molecular weight excluding hydrogens is 444 g/mol. The fourth-order valence-corrected chi connectivity index (χ4v) is 4.18. The van der Waals surface area contributed by atoms with E-state index in [1.165, 1.54) is 17.8 Å². The molecule has 5 aromatic rings. The van der Waals surface area contributed by atoms with Crippen LogP contribution in [0.3, 0.4) is 0 Å². The Hall–Kier alpha value is -3.75. The number of halogens is 2. The van der Waals surface area contributed by atoms with Crippen molar-refractivity contribution < 1.29 is 18.6 Å². The van der Waals surface area contributed by atoms with E-state index in [0.717, 1.165) is 28.2 Å². The van der Waals surface area contributed by atoms with Gasteiger partial charge in [-0.05, 0) is 35.9 Å². The normalized spacial score (nSPS) is 11.1. The molecule has 5 nitrogen and oxygen atoms in total. The van der Waals surface area contributed by atoms with Gasteiger partial charge in [-0.15, -0.1) is 0 Å². The maximum absolute atomic E-state index is 14.3. The molecular formula is C25H17F2N3O2S. The van der Waals surface area contributed by atoms with Crippen LogP contribution in [0.1, 0.15) is 5.56 Å². The van der Waals surface area contributed by atoms with Gasteiger partial charge >= 0.3 is 0 Å². The highest BCUT2D eigenvalue weighted by atomic mass is 32.2. The second-order valence-corrected chi connectivity index (χ2v) is 8.33. The van der Waals surface area contributed by atoms with Crippen molar-refractivity contribution in [3.63, 3.8) is 0 Å². The average Bonchev–Trinajstić information content (AvgIpc) is 3.24. The third-order valence-electron chi connectivity index (χ3n) is 4.95. The maximum Gasteiger partial charge on any atom is 0.168 e. The Morgan fingerprint density at radius 2 is 1.70 bits per heavy atom. The molecule has 0 atom stereocenters. The molecule has 0 saturated heterocycles. The van der Waals surface area contributed by atoms with Gasteiger partial charge in [-0.1, -0.05) is 36.0 Å². The summed E-state index contributed by atoms with van der Waals surface area (Å²) in [5.74, 6) is -0.483. The van der Waals surface area contributed by atoms with Crippen molar-refractivity contribution in [3.8, 4) is 22.9 Å². The van der Waals surface area contributed by atoms with E-state index in [4.69, 9.17) is 9.72 Å². The number of H-pyrrole nitrogens is 1. The van der Waals surface area contributed by atoms with Crippen molar-refractivity contribution in [1.29, 1.82) is 0 Å². The van der Waals surface area contributed by atoms with E-state index < -0.39 is 11.6 Å². The number of pyridine rings is 1. The van der Waals surface area contributed by atoms with Crippen LogP contribution in [0, 0.1) is 11.6 Å². The number of hydrogen-bond donors (Lipinski definition) is 2. The fourth-order valence-electron chi connectivity index (χ4n) is 3.29. The first-order chi connectivity index (χ1) is 16.1. The lowest BCUT2D eigenvalue weighted by molar-refractivity contribution is 0.282. The van der Waals surface area contributed by atoms with Crippen molar-refractivity contribution in [3.05, 3.63) is 96.3 Å². The third-order valence-corrected chi connectivity index (χ3v) is 6.00.